The molecule has 0 radical (unpaired) electrons. The number of benzene rings is 7. The van der Waals surface area contributed by atoms with Crippen molar-refractivity contribution in [3.05, 3.63) is 209 Å². The average molecular weight is 654 g/mol. The Balaban J connectivity index is 1.12. The first-order valence-corrected chi connectivity index (χ1v) is 17.6. The molecule has 1 aliphatic carbocycles. The molecule has 51 heavy (non-hydrogen) atoms. The molecule has 0 saturated carbocycles. The molecule has 0 amide bonds. The van der Waals surface area contributed by atoms with Gasteiger partial charge in [-0.15, -0.1) is 0 Å². The molecule has 0 N–H and O–H groups in total. The summed E-state index contributed by atoms with van der Waals surface area (Å²) in [7, 11) is 0. The van der Waals surface area contributed by atoms with Gasteiger partial charge in [-0.05, 0) is 81.3 Å². The molecule has 11 rings (SSSR count). The van der Waals surface area contributed by atoms with Gasteiger partial charge in [-0.1, -0.05) is 133 Å². The fraction of sp³-hybridized carbons (Fsp3) is 0.0625. The van der Waals surface area contributed by atoms with E-state index in [2.05, 4.69) is 170 Å². The van der Waals surface area contributed by atoms with Crippen LogP contribution in [0, 0.1) is 0 Å². The Kier molecular flexibility index (Phi) is 6.00. The SMILES string of the molecule is C1=C(c2ccccc2)CC(c2ccc3oc4cc5c(cc4c3c2)C2(c3ccccc3O5)c3ccccc3-c3ccccc32)N=C1c1ccccc1. The number of aliphatic imine (C=N–C) groups is 1. The molecule has 3 aliphatic rings. The van der Waals surface area contributed by atoms with Gasteiger partial charge in [0.05, 0.1) is 17.2 Å². The third kappa shape index (κ3) is 4.09. The molecule has 240 valence electrons. The van der Waals surface area contributed by atoms with Gasteiger partial charge >= 0.3 is 0 Å². The van der Waals surface area contributed by atoms with Crippen LogP contribution < -0.4 is 4.74 Å². The summed E-state index contributed by atoms with van der Waals surface area (Å²) in [5, 5.41) is 2.17. The van der Waals surface area contributed by atoms with Crippen LogP contribution in [0.1, 0.15) is 51.4 Å². The van der Waals surface area contributed by atoms with Crippen LogP contribution in [0.3, 0.4) is 0 Å². The van der Waals surface area contributed by atoms with E-state index in [4.69, 9.17) is 14.1 Å². The van der Waals surface area contributed by atoms with Crippen molar-refractivity contribution in [1.29, 1.82) is 0 Å². The number of hydrogen-bond donors (Lipinski definition) is 0. The van der Waals surface area contributed by atoms with Crippen molar-refractivity contribution in [2.45, 2.75) is 17.9 Å². The van der Waals surface area contributed by atoms with Crippen LogP contribution in [0.25, 0.3) is 38.6 Å². The first kappa shape index (κ1) is 28.4. The second-order valence-corrected chi connectivity index (χ2v) is 13.8. The Morgan fingerprint density at radius 3 is 1.88 bits per heavy atom. The third-order valence-electron chi connectivity index (χ3n) is 11.1. The quantitative estimate of drug-likeness (QED) is 0.190. The highest BCUT2D eigenvalue weighted by atomic mass is 16.5. The van der Waals surface area contributed by atoms with Crippen LogP contribution in [0.15, 0.2) is 179 Å². The van der Waals surface area contributed by atoms with Crippen molar-refractivity contribution in [1.82, 2.24) is 0 Å². The second kappa shape index (κ2) is 10.8. The number of fused-ring (bicyclic) bond motifs is 12. The van der Waals surface area contributed by atoms with Gasteiger partial charge in [-0.2, -0.15) is 0 Å². The van der Waals surface area contributed by atoms with Crippen molar-refractivity contribution in [2.75, 3.05) is 0 Å². The number of para-hydroxylation sites is 1. The van der Waals surface area contributed by atoms with Gasteiger partial charge in [0.15, 0.2) is 0 Å². The fourth-order valence-corrected chi connectivity index (χ4v) is 8.85. The lowest BCUT2D eigenvalue weighted by molar-refractivity contribution is 0.436. The summed E-state index contributed by atoms with van der Waals surface area (Å²) in [5.41, 5.74) is 14.4. The zero-order valence-corrected chi connectivity index (χ0v) is 27.7. The Morgan fingerprint density at radius 1 is 0.510 bits per heavy atom. The maximum Gasteiger partial charge on any atom is 0.139 e. The Labute approximate surface area is 295 Å². The van der Waals surface area contributed by atoms with E-state index in [1.54, 1.807) is 0 Å². The molecule has 0 fully saturated rings. The van der Waals surface area contributed by atoms with Crippen LogP contribution in [0.4, 0.5) is 0 Å². The number of hydrogen-bond acceptors (Lipinski definition) is 3. The number of furan rings is 1. The predicted molar refractivity (Wildman–Crippen MR) is 206 cm³/mol. The van der Waals surface area contributed by atoms with Gasteiger partial charge in [0.2, 0.25) is 0 Å². The lowest BCUT2D eigenvalue weighted by atomic mass is 9.66. The summed E-state index contributed by atoms with van der Waals surface area (Å²) in [5.74, 6) is 1.70. The number of ether oxygens (including phenoxy) is 1. The molecule has 0 bridgehead atoms. The van der Waals surface area contributed by atoms with Crippen LogP contribution in [-0.4, -0.2) is 5.71 Å². The average Bonchev–Trinajstić information content (AvgIpc) is 3.70. The molecule has 2 aliphatic heterocycles. The van der Waals surface area contributed by atoms with E-state index in [9.17, 15) is 0 Å². The summed E-state index contributed by atoms with van der Waals surface area (Å²) in [6.45, 7) is 0. The number of rotatable bonds is 3. The van der Waals surface area contributed by atoms with Gasteiger partial charge in [-0.25, -0.2) is 0 Å². The van der Waals surface area contributed by atoms with E-state index in [1.807, 2.05) is 0 Å². The van der Waals surface area contributed by atoms with Gasteiger partial charge in [0.1, 0.15) is 22.7 Å². The molecule has 0 saturated heterocycles. The molecule has 8 aromatic rings. The fourth-order valence-electron chi connectivity index (χ4n) is 8.85. The second-order valence-electron chi connectivity index (χ2n) is 13.8. The molecule has 1 spiro atoms. The van der Waals surface area contributed by atoms with Crippen molar-refractivity contribution in [3.63, 3.8) is 0 Å². The summed E-state index contributed by atoms with van der Waals surface area (Å²) < 4.78 is 13.3. The minimum atomic E-state index is -0.527. The van der Waals surface area contributed by atoms with Crippen LogP contribution in [0.5, 0.6) is 11.5 Å². The van der Waals surface area contributed by atoms with Crippen molar-refractivity contribution in [3.8, 4) is 22.6 Å². The standard InChI is InChI=1S/C48H31NO2/c1-3-13-30(14-4-1)33-26-42(31-15-5-2-6-16-31)49-43(27-33)32-23-24-44-36(25-32)37-28-41-47(29-46(37)50-44)51-45-22-12-11-21-40(45)48(41)38-19-9-7-17-34(38)35-18-8-10-20-39(35)48/h1-26,28-29,43H,27H2. The molecule has 3 heterocycles. The Hall–Kier alpha value is -6.45. The van der Waals surface area contributed by atoms with Crippen molar-refractivity contribution in [2.24, 2.45) is 4.99 Å². The molecular weight excluding hydrogens is 623 g/mol. The van der Waals surface area contributed by atoms with Crippen LogP contribution in [-0.2, 0) is 5.41 Å². The zero-order valence-electron chi connectivity index (χ0n) is 27.7. The van der Waals surface area contributed by atoms with Crippen LogP contribution >= 0.6 is 0 Å². The molecule has 3 heteroatoms. The highest BCUT2D eigenvalue weighted by Gasteiger charge is 2.51. The Bertz CT molecular complexity index is 2710. The van der Waals surface area contributed by atoms with E-state index in [-0.39, 0.29) is 6.04 Å². The maximum atomic E-state index is 6.74. The van der Waals surface area contributed by atoms with Gasteiger partial charge in [0.25, 0.3) is 0 Å². The first-order valence-electron chi connectivity index (χ1n) is 17.6. The summed E-state index contributed by atoms with van der Waals surface area (Å²) >= 11 is 0. The molecule has 3 nitrogen and oxygen atoms in total. The Morgan fingerprint density at radius 2 is 1.14 bits per heavy atom. The normalized spacial score (nSPS) is 16.5. The minimum Gasteiger partial charge on any atom is -0.457 e. The predicted octanol–water partition coefficient (Wildman–Crippen LogP) is 12.1. The molecular formula is C48H31NO2. The molecule has 1 atom stereocenters. The summed E-state index contributed by atoms with van der Waals surface area (Å²) in [6.07, 6.45) is 3.08. The lowest BCUT2D eigenvalue weighted by Gasteiger charge is -2.39. The van der Waals surface area contributed by atoms with Crippen LogP contribution in [0.2, 0.25) is 0 Å². The van der Waals surface area contributed by atoms with Gasteiger partial charge < -0.3 is 9.15 Å². The topological polar surface area (TPSA) is 34.7 Å². The third-order valence-corrected chi connectivity index (χ3v) is 11.1. The molecule has 1 aromatic heterocycles. The summed E-state index contributed by atoms with van der Waals surface area (Å²) in [4.78, 5) is 5.36. The smallest absolute Gasteiger partial charge is 0.139 e. The zero-order chi connectivity index (χ0) is 33.5. The largest absolute Gasteiger partial charge is 0.457 e. The highest BCUT2D eigenvalue weighted by Crippen LogP contribution is 2.62. The van der Waals surface area contributed by atoms with E-state index in [0.717, 1.165) is 62.3 Å². The molecule has 1 unspecified atom stereocenters. The number of allylic oxidation sites excluding steroid dienone is 1. The molecule has 7 aromatic carbocycles. The van der Waals surface area contributed by atoms with Gasteiger partial charge in [-0.3, -0.25) is 4.99 Å². The maximum absolute atomic E-state index is 6.74. The highest BCUT2D eigenvalue weighted by molar-refractivity contribution is 6.13. The van der Waals surface area contributed by atoms with Crippen molar-refractivity contribution < 1.29 is 9.15 Å². The summed E-state index contributed by atoms with van der Waals surface area (Å²) in [6, 6.07) is 58.4. The minimum absolute atomic E-state index is 0.0393. The van der Waals surface area contributed by atoms with E-state index in [1.165, 1.54) is 39.0 Å². The van der Waals surface area contributed by atoms with Crippen molar-refractivity contribution >= 4 is 33.2 Å². The van der Waals surface area contributed by atoms with E-state index in [0.29, 0.717) is 0 Å². The monoisotopic (exact) mass is 653 g/mol. The number of dihydropyridines is 1. The number of nitrogens with zero attached hydrogens (tertiary/aromatic N) is 1. The first-order chi connectivity index (χ1) is 25.3. The van der Waals surface area contributed by atoms with E-state index >= 15 is 0 Å². The van der Waals surface area contributed by atoms with E-state index < -0.39 is 5.41 Å². The lowest BCUT2D eigenvalue weighted by Crippen LogP contribution is -2.32. The van der Waals surface area contributed by atoms with Gasteiger partial charge in [0, 0.05) is 28.0 Å².